The van der Waals surface area contributed by atoms with E-state index in [1.807, 2.05) is 24.3 Å². The summed E-state index contributed by atoms with van der Waals surface area (Å²) < 4.78 is 48.5. The summed E-state index contributed by atoms with van der Waals surface area (Å²) in [6, 6.07) is 15.8. The van der Waals surface area contributed by atoms with E-state index >= 15 is 0 Å². The van der Waals surface area contributed by atoms with E-state index in [0.717, 1.165) is 28.6 Å². The molecule has 5 nitrogen and oxygen atoms in total. The highest BCUT2D eigenvalue weighted by Gasteiger charge is 2.30. The maximum Gasteiger partial charge on any atom is 0.417 e. The maximum absolute atomic E-state index is 12.6. The number of hydrogen-bond donors (Lipinski definition) is 1. The number of para-hydroxylation sites is 1. The minimum Gasteiger partial charge on any atom is -0.439 e. The topological polar surface area (TPSA) is 64.2 Å². The van der Waals surface area contributed by atoms with E-state index in [9.17, 15) is 18.0 Å². The molecule has 8 heteroatoms. The number of H-pyrrole nitrogens is 1. The number of ether oxygens (including phenoxy) is 2. The van der Waals surface area contributed by atoms with Crippen molar-refractivity contribution in [3.63, 3.8) is 0 Å². The van der Waals surface area contributed by atoms with Gasteiger partial charge in [0.25, 0.3) is 0 Å². The fourth-order valence-electron chi connectivity index (χ4n) is 2.91. The van der Waals surface area contributed by atoms with Gasteiger partial charge in [0.2, 0.25) is 5.88 Å². The standard InChI is InChI=1S/C22H15F3N2O3/c23-22(24,25)15-5-10-20(27-13-15)29-16-6-8-17(9-7-16)30-21(28)11-14-12-26-19-4-2-1-3-18(14)19/h1-10,12-13,26H,11H2. The smallest absolute Gasteiger partial charge is 0.417 e. The van der Waals surface area contributed by atoms with Crippen molar-refractivity contribution in [3.8, 4) is 17.4 Å². The van der Waals surface area contributed by atoms with E-state index in [-0.39, 0.29) is 12.3 Å². The number of aromatic amines is 1. The Morgan fingerprint density at radius 2 is 1.70 bits per heavy atom. The van der Waals surface area contributed by atoms with Gasteiger partial charge in [-0.1, -0.05) is 18.2 Å². The van der Waals surface area contributed by atoms with Gasteiger partial charge in [-0.05, 0) is 42.0 Å². The van der Waals surface area contributed by atoms with Crippen LogP contribution in [0.5, 0.6) is 17.4 Å². The third-order valence-electron chi connectivity index (χ3n) is 4.35. The number of rotatable bonds is 5. The zero-order valence-electron chi connectivity index (χ0n) is 15.4. The van der Waals surface area contributed by atoms with Crippen LogP contribution in [0.4, 0.5) is 13.2 Å². The molecule has 2 aromatic carbocycles. The Hall–Kier alpha value is -3.81. The zero-order chi connectivity index (χ0) is 21.1. The maximum atomic E-state index is 12.6. The van der Waals surface area contributed by atoms with Crippen molar-refractivity contribution in [3.05, 3.63) is 84.2 Å². The van der Waals surface area contributed by atoms with Crippen molar-refractivity contribution in [1.82, 2.24) is 9.97 Å². The SMILES string of the molecule is O=C(Cc1c[nH]c2ccccc12)Oc1ccc(Oc2ccc(C(F)(F)F)cn2)cc1. The molecular weight excluding hydrogens is 397 g/mol. The van der Waals surface area contributed by atoms with E-state index in [1.54, 1.807) is 6.20 Å². The number of alkyl halides is 3. The van der Waals surface area contributed by atoms with Crippen molar-refractivity contribution < 1.29 is 27.4 Å². The van der Waals surface area contributed by atoms with Crippen LogP contribution < -0.4 is 9.47 Å². The third kappa shape index (κ3) is 4.43. The third-order valence-corrected chi connectivity index (χ3v) is 4.35. The fraction of sp³-hybridized carbons (Fsp3) is 0.0909. The lowest BCUT2D eigenvalue weighted by molar-refractivity contribution is -0.138. The first-order valence-corrected chi connectivity index (χ1v) is 8.95. The molecule has 0 aliphatic rings. The predicted octanol–water partition coefficient (Wildman–Crippen LogP) is 5.52. The van der Waals surface area contributed by atoms with E-state index in [2.05, 4.69) is 9.97 Å². The monoisotopic (exact) mass is 412 g/mol. The van der Waals surface area contributed by atoms with Crippen molar-refractivity contribution in [1.29, 1.82) is 0 Å². The van der Waals surface area contributed by atoms with Gasteiger partial charge >= 0.3 is 12.1 Å². The second-order valence-corrected chi connectivity index (χ2v) is 6.47. The molecule has 1 N–H and O–H groups in total. The average molecular weight is 412 g/mol. The van der Waals surface area contributed by atoms with Crippen molar-refractivity contribution in [2.45, 2.75) is 12.6 Å². The van der Waals surface area contributed by atoms with Crippen LogP contribution in [0.3, 0.4) is 0 Å². The molecule has 0 unspecified atom stereocenters. The Balaban J connectivity index is 1.37. The number of halogens is 3. The van der Waals surface area contributed by atoms with Gasteiger partial charge in [-0.25, -0.2) is 4.98 Å². The van der Waals surface area contributed by atoms with Crippen LogP contribution >= 0.6 is 0 Å². The van der Waals surface area contributed by atoms with E-state index in [0.29, 0.717) is 17.7 Å². The quantitative estimate of drug-likeness (QED) is 0.346. The van der Waals surface area contributed by atoms with Crippen LogP contribution in [-0.4, -0.2) is 15.9 Å². The lowest BCUT2D eigenvalue weighted by atomic mass is 10.1. The summed E-state index contributed by atoms with van der Waals surface area (Å²) >= 11 is 0. The molecule has 0 atom stereocenters. The summed E-state index contributed by atoms with van der Waals surface area (Å²) in [6.07, 6.45) is -1.86. The van der Waals surface area contributed by atoms with Gasteiger partial charge in [0, 0.05) is 29.4 Å². The predicted molar refractivity (Wildman–Crippen MR) is 103 cm³/mol. The van der Waals surface area contributed by atoms with Gasteiger partial charge in [-0.15, -0.1) is 0 Å². The summed E-state index contributed by atoms with van der Waals surface area (Å²) in [4.78, 5) is 19.0. The van der Waals surface area contributed by atoms with Crippen LogP contribution in [0.15, 0.2) is 73.1 Å². The number of aromatic nitrogens is 2. The largest absolute Gasteiger partial charge is 0.439 e. The molecule has 0 bridgehead atoms. The molecule has 0 spiro atoms. The van der Waals surface area contributed by atoms with E-state index < -0.39 is 17.7 Å². The number of pyridine rings is 1. The number of hydrogen-bond acceptors (Lipinski definition) is 4. The minimum atomic E-state index is -4.45. The van der Waals surface area contributed by atoms with E-state index in [1.165, 1.54) is 24.3 Å². The Morgan fingerprint density at radius 3 is 2.40 bits per heavy atom. The molecule has 0 saturated carbocycles. The van der Waals surface area contributed by atoms with Gasteiger partial charge in [0.05, 0.1) is 12.0 Å². The molecule has 0 aliphatic carbocycles. The molecule has 0 amide bonds. The lowest BCUT2D eigenvalue weighted by Gasteiger charge is -2.09. The molecule has 152 valence electrons. The Labute approximate surface area is 169 Å². The highest BCUT2D eigenvalue weighted by molar-refractivity contribution is 5.87. The highest BCUT2D eigenvalue weighted by Crippen LogP contribution is 2.30. The number of esters is 1. The van der Waals surface area contributed by atoms with Gasteiger partial charge in [-0.2, -0.15) is 13.2 Å². The van der Waals surface area contributed by atoms with Gasteiger partial charge in [0.15, 0.2) is 0 Å². The van der Waals surface area contributed by atoms with Crippen LogP contribution in [-0.2, 0) is 17.4 Å². The number of carbonyl (C=O) groups excluding carboxylic acids is 1. The first-order chi connectivity index (χ1) is 14.4. The molecule has 0 aliphatic heterocycles. The number of benzene rings is 2. The molecule has 0 radical (unpaired) electrons. The number of carbonyl (C=O) groups is 1. The zero-order valence-corrected chi connectivity index (χ0v) is 15.4. The van der Waals surface area contributed by atoms with Gasteiger partial charge in [0.1, 0.15) is 11.5 Å². The van der Waals surface area contributed by atoms with Gasteiger partial charge < -0.3 is 14.5 Å². The fourth-order valence-corrected chi connectivity index (χ4v) is 2.91. The molecule has 4 rings (SSSR count). The summed E-state index contributed by atoms with van der Waals surface area (Å²) in [6.45, 7) is 0. The normalized spacial score (nSPS) is 11.4. The van der Waals surface area contributed by atoms with Crippen LogP contribution in [0.1, 0.15) is 11.1 Å². The second kappa shape index (κ2) is 7.90. The molecule has 2 heterocycles. The van der Waals surface area contributed by atoms with Crippen LogP contribution in [0.25, 0.3) is 10.9 Å². The number of nitrogens with one attached hydrogen (secondary N) is 1. The molecule has 4 aromatic rings. The summed E-state index contributed by atoms with van der Waals surface area (Å²) in [5.74, 6) is 0.274. The Morgan fingerprint density at radius 1 is 0.967 bits per heavy atom. The first-order valence-electron chi connectivity index (χ1n) is 8.95. The molecule has 0 saturated heterocycles. The number of fused-ring (bicyclic) bond motifs is 1. The molecular formula is C22H15F3N2O3. The second-order valence-electron chi connectivity index (χ2n) is 6.47. The number of nitrogens with zero attached hydrogens (tertiary/aromatic N) is 1. The first kappa shape index (κ1) is 19.5. The van der Waals surface area contributed by atoms with Crippen LogP contribution in [0.2, 0.25) is 0 Å². The van der Waals surface area contributed by atoms with Gasteiger partial charge in [-0.3, -0.25) is 4.79 Å². The van der Waals surface area contributed by atoms with Crippen molar-refractivity contribution in [2.24, 2.45) is 0 Å². The van der Waals surface area contributed by atoms with Crippen LogP contribution in [0, 0.1) is 0 Å². The van der Waals surface area contributed by atoms with E-state index in [4.69, 9.17) is 9.47 Å². The highest BCUT2D eigenvalue weighted by atomic mass is 19.4. The van der Waals surface area contributed by atoms with Crippen molar-refractivity contribution in [2.75, 3.05) is 0 Å². The Bertz CT molecular complexity index is 1170. The van der Waals surface area contributed by atoms with Crippen molar-refractivity contribution >= 4 is 16.9 Å². The average Bonchev–Trinajstić information content (AvgIpc) is 3.12. The summed E-state index contributed by atoms with van der Waals surface area (Å²) in [7, 11) is 0. The Kier molecular flexibility index (Phi) is 5.14. The lowest BCUT2D eigenvalue weighted by Crippen LogP contribution is -2.10. The molecule has 0 fully saturated rings. The molecule has 2 aromatic heterocycles. The minimum absolute atomic E-state index is 0.0204. The summed E-state index contributed by atoms with van der Waals surface area (Å²) in [5.41, 5.74) is 0.926. The molecule has 30 heavy (non-hydrogen) atoms. The summed E-state index contributed by atoms with van der Waals surface area (Å²) in [5, 5.41) is 0.960.